The van der Waals surface area contributed by atoms with Crippen molar-refractivity contribution in [1.29, 1.82) is 5.26 Å². The molecule has 2 rings (SSSR count). The Bertz CT molecular complexity index is 743. The molecule has 7 heteroatoms. The summed E-state index contributed by atoms with van der Waals surface area (Å²) >= 11 is 3.30. The van der Waals surface area contributed by atoms with E-state index in [0.29, 0.717) is 15.7 Å². The molecule has 1 N–H and O–H groups in total. The van der Waals surface area contributed by atoms with Crippen LogP contribution < -0.4 is 5.32 Å². The van der Waals surface area contributed by atoms with Gasteiger partial charge in [0.2, 0.25) is 0 Å². The third kappa shape index (κ3) is 3.55. The lowest BCUT2D eigenvalue weighted by Crippen LogP contribution is -2.04. The van der Waals surface area contributed by atoms with Gasteiger partial charge in [-0.05, 0) is 46.3 Å². The van der Waals surface area contributed by atoms with Crippen LogP contribution in [0.2, 0.25) is 0 Å². The van der Waals surface area contributed by atoms with E-state index in [2.05, 4.69) is 21.2 Å². The van der Waals surface area contributed by atoms with Crippen LogP contribution in [0.4, 0.5) is 15.8 Å². The molecule has 0 unspecified atom stereocenters. The SMILES string of the molecule is N#Cc1ccc(NCc2cc(F)ccc2[N+](=O)[O-])c(Br)c1. The van der Waals surface area contributed by atoms with Gasteiger partial charge in [-0.25, -0.2) is 4.39 Å². The highest BCUT2D eigenvalue weighted by Gasteiger charge is 2.14. The summed E-state index contributed by atoms with van der Waals surface area (Å²) in [6.45, 7) is 0.0958. The fourth-order valence-electron chi connectivity index (χ4n) is 1.79. The number of halogens is 2. The van der Waals surface area contributed by atoms with E-state index in [1.807, 2.05) is 6.07 Å². The van der Waals surface area contributed by atoms with Crippen LogP contribution in [0, 0.1) is 27.3 Å². The van der Waals surface area contributed by atoms with Gasteiger partial charge in [0.1, 0.15) is 5.82 Å². The Morgan fingerprint density at radius 1 is 1.33 bits per heavy atom. The second kappa shape index (κ2) is 6.33. The number of nitro groups is 1. The van der Waals surface area contributed by atoms with Gasteiger partial charge in [0.15, 0.2) is 0 Å². The largest absolute Gasteiger partial charge is 0.380 e. The molecule has 0 bridgehead atoms. The van der Waals surface area contributed by atoms with E-state index < -0.39 is 10.7 Å². The van der Waals surface area contributed by atoms with Crippen LogP contribution in [-0.2, 0) is 6.54 Å². The molecule has 0 amide bonds. The fourth-order valence-corrected chi connectivity index (χ4v) is 2.31. The maximum Gasteiger partial charge on any atom is 0.274 e. The van der Waals surface area contributed by atoms with E-state index in [0.717, 1.165) is 18.2 Å². The highest BCUT2D eigenvalue weighted by Crippen LogP contribution is 2.26. The standard InChI is InChI=1S/C14H9BrFN3O2/c15-12-5-9(7-17)1-3-13(12)18-8-10-6-11(16)2-4-14(10)19(20)21/h1-6,18H,8H2. The highest BCUT2D eigenvalue weighted by atomic mass is 79.9. The minimum absolute atomic E-state index is 0.0958. The number of benzene rings is 2. The average Bonchev–Trinajstić information content (AvgIpc) is 2.45. The third-order valence-corrected chi connectivity index (χ3v) is 3.46. The fraction of sp³-hybridized carbons (Fsp3) is 0.0714. The van der Waals surface area contributed by atoms with Crippen molar-refractivity contribution in [3.63, 3.8) is 0 Å². The minimum atomic E-state index is -0.551. The Hall–Kier alpha value is -2.46. The van der Waals surface area contributed by atoms with Crippen molar-refractivity contribution in [3.8, 4) is 6.07 Å². The summed E-state index contributed by atoms with van der Waals surface area (Å²) in [6.07, 6.45) is 0. The molecule has 0 aliphatic carbocycles. The van der Waals surface area contributed by atoms with Crippen LogP contribution in [0.15, 0.2) is 40.9 Å². The first kappa shape index (κ1) is 14.9. The topological polar surface area (TPSA) is 79.0 Å². The summed E-state index contributed by atoms with van der Waals surface area (Å²) in [4.78, 5) is 10.4. The first-order valence-corrected chi connectivity index (χ1v) is 6.67. The van der Waals surface area contributed by atoms with E-state index in [4.69, 9.17) is 5.26 Å². The first-order valence-electron chi connectivity index (χ1n) is 5.87. The molecule has 0 saturated carbocycles. The van der Waals surface area contributed by atoms with Crippen molar-refractivity contribution in [2.24, 2.45) is 0 Å². The van der Waals surface area contributed by atoms with E-state index >= 15 is 0 Å². The molecule has 0 heterocycles. The molecule has 0 saturated heterocycles. The van der Waals surface area contributed by atoms with Gasteiger partial charge in [0, 0.05) is 22.8 Å². The summed E-state index contributed by atoms with van der Waals surface area (Å²) in [6, 6.07) is 10.2. The van der Waals surface area contributed by atoms with Crippen molar-refractivity contribution >= 4 is 27.3 Å². The maximum absolute atomic E-state index is 13.2. The van der Waals surface area contributed by atoms with Crippen molar-refractivity contribution in [2.75, 3.05) is 5.32 Å². The number of hydrogen-bond acceptors (Lipinski definition) is 4. The Morgan fingerprint density at radius 3 is 2.71 bits per heavy atom. The molecule has 5 nitrogen and oxygen atoms in total. The molecule has 106 valence electrons. The lowest BCUT2D eigenvalue weighted by molar-refractivity contribution is -0.385. The molecule has 0 aliphatic heterocycles. The molecule has 0 radical (unpaired) electrons. The number of rotatable bonds is 4. The molecule has 2 aromatic carbocycles. The van der Waals surface area contributed by atoms with Crippen molar-refractivity contribution < 1.29 is 9.31 Å². The second-order valence-electron chi connectivity index (χ2n) is 4.19. The maximum atomic E-state index is 13.2. The molecule has 0 fully saturated rings. The number of nitriles is 1. The zero-order valence-electron chi connectivity index (χ0n) is 10.6. The predicted octanol–water partition coefficient (Wildman–Crippen LogP) is 3.98. The summed E-state index contributed by atoms with van der Waals surface area (Å²) in [5.41, 5.74) is 1.25. The summed E-state index contributed by atoms with van der Waals surface area (Å²) < 4.78 is 13.9. The van der Waals surface area contributed by atoms with Crippen molar-refractivity contribution in [2.45, 2.75) is 6.54 Å². The van der Waals surface area contributed by atoms with Crippen LogP contribution in [0.25, 0.3) is 0 Å². The first-order chi connectivity index (χ1) is 10.0. The zero-order valence-corrected chi connectivity index (χ0v) is 12.2. The number of hydrogen-bond donors (Lipinski definition) is 1. The lowest BCUT2D eigenvalue weighted by atomic mass is 10.1. The van der Waals surface area contributed by atoms with Gasteiger partial charge in [-0.15, -0.1) is 0 Å². The molecule has 2 aromatic rings. The Kier molecular flexibility index (Phi) is 4.50. The number of nitro benzene ring substituents is 1. The van der Waals surface area contributed by atoms with E-state index in [9.17, 15) is 14.5 Å². The molecule has 0 aliphatic rings. The van der Waals surface area contributed by atoms with E-state index in [-0.39, 0.29) is 17.8 Å². The van der Waals surface area contributed by atoms with Gasteiger partial charge < -0.3 is 5.32 Å². The molecular formula is C14H9BrFN3O2. The molecule has 0 spiro atoms. The zero-order chi connectivity index (χ0) is 15.4. The third-order valence-electron chi connectivity index (χ3n) is 2.81. The van der Waals surface area contributed by atoms with Gasteiger partial charge in [0.25, 0.3) is 5.69 Å². The monoisotopic (exact) mass is 349 g/mol. The average molecular weight is 350 g/mol. The second-order valence-corrected chi connectivity index (χ2v) is 5.04. The Morgan fingerprint density at radius 2 is 2.10 bits per heavy atom. The van der Waals surface area contributed by atoms with Crippen LogP contribution in [0.1, 0.15) is 11.1 Å². The summed E-state index contributed by atoms with van der Waals surface area (Å²) in [7, 11) is 0. The van der Waals surface area contributed by atoms with Crippen LogP contribution >= 0.6 is 15.9 Å². The Balaban J connectivity index is 2.22. The van der Waals surface area contributed by atoms with Crippen LogP contribution in [0.3, 0.4) is 0 Å². The van der Waals surface area contributed by atoms with Gasteiger partial charge >= 0.3 is 0 Å². The Labute approximate surface area is 128 Å². The lowest BCUT2D eigenvalue weighted by Gasteiger charge is -2.09. The molecule has 21 heavy (non-hydrogen) atoms. The van der Waals surface area contributed by atoms with Crippen LogP contribution in [-0.4, -0.2) is 4.92 Å². The minimum Gasteiger partial charge on any atom is -0.380 e. The van der Waals surface area contributed by atoms with Crippen LogP contribution in [0.5, 0.6) is 0 Å². The predicted molar refractivity (Wildman–Crippen MR) is 79.2 cm³/mol. The van der Waals surface area contributed by atoms with Crippen molar-refractivity contribution in [1.82, 2.24) is 0 Å². The summed E-state index contributed by atoms with van der Waals surface area (Å²) in [5, 5.41) is 22.7. The van der Waals surface area contributed by atoms with Gasteiger partial charge in [0.05, 0.1) is 22.1 Å². The van der Waals surface area contributed by atoms with Crippen molar-refractivity contribution in [3.05, 3.63) is 67.9 Å². The number of nitrogens with one attached hydrogen (secondary N) is 1. The number of anilines is 1. The quantitative estimate of drug-likeness (QED) is 0.668. The van der Waals surface area contributed by atoms with Gasteiger partial charge in [-0.3, -0.25) is 10.1 Å². The molecule has 0 atom stereocenters. The van der Waals surface area contributed by atoms with Gasteiger partial charge in [-0.1, -0.05) is 0 Å². The summed E-state index contributed by atoms with van der Waals surface area (Å²) in [5.74, 6) is -0.531. The van der Waals surface area contributed by atoms with Gasteiger partial charge in [-0.2, -0.15) is 5.26 Å². The highest BCUT2D eigenvalue weighted by molar-refractivity contribution is 9.10. The smallest absolute Gasteiger partial charge is 0.274 e. The van der Waals surface area contributed by atoms with E-state index in [1.54, 1.807) is 18.2 Å². The molecular weight excluding hydrogens is 341 g/mol. The van der Waals surface area contributed by atoms with E-state index in [1.165, 1.54) is 0 Å². The number of nitrogens with zero attached hydrogens (tertiary/aromatic N) is 2. The normalized spacial score (nSPS) is 9.95. The molecule has 0 aromatic heterocycles.